The van der Waals surface area contributed by atoms with Crippen LogP contribution < -0.4 is 10.0 Å². The summed E-state index contributed by atoms with van der Waals surface area (Å²) in [5, 5.41) is 13.6. The van der Waals surface area contributed by atoms with Crippen LogP contribution in [0.25, 0.3) is 0 Å². The largest absolute Gasteiger partial charge is 0.310 e. The average Bonchev–Trinajstić information content (AvgIpc) is 3.07. The standard InChI is InChI=1S/C13H20N4O2S2/c1-9(2)14-6-12-7-15-16-13(12)21(18,19)17-10(3)11-4-5-20-8-11/h4-5,7-10,14,17H,6H2,1-3H3,(H,15,16). The predicted octanol–water partition coefficient (Wildman–Crippen LogP) is 2.01. The third-order valence-electron chi connectivity index (χ3n) is 3.02. The molecule has 2 rings (SSSR count). The van der Waals surface area contributed by atoms with E-state index < -0.39 is 10.0 Å². The summed E-state index contributed by atoms with van der Waals surface area (Å²) in [6.45, 7) is 6.29. The fraction of sp³-hybridized carbons (Fsp3) is 0.462. The highest BCUT2D eigenvalue weighted by Crippen LogP contribution is 2.19. The van der Waals surface area contributed by atoms with Gasteiger partial charge in [0.05, 0.1) is 6.20 Å². The first kappa shape index (κ1) is 16.2. The molecule has 0 saturated carbocycles. The van der Waals surface area contributed by atoms with E-state index in [0.717, 1.165) is 5.56 Å². The summed E-state index contributed by atoms with van der Waals surface area (Å²) in [7, 11) is -3.62. The molecule has 116 valence electrons. The highest BCUT2D eigenvalue weighted by molar-refractivity contribution is 7.89. The zero-order chi connectivity index (χ0) is 15.5. The van der Waals surface area contributed by atoms with Crippen LogP contribution in [0, 0.1) is 0 Å². The van der Waals surface area contributed by atoms with Crippen molar-refractivity contribution in [2.24, 2.45) is 0 Å². The van der Waals surface area contributed by atoms with E-state index in [1.165, 1.54) is 0 Å². The Morgan fingerprint density at radius 2 is 2.14 bits per heavy atom. The van der Waals surface area contributed by atoms with E-state index in [1.807, 2.05) is 37.6 Å². The molecule has 0 fully saturated rings. The van der Waals surface area contributed by atoms with E-state index in [2.05, 4.69) is 20.2 Å². The van der Waals surface area contributed by atoms with Crippen LogP contribution in [0.3, 0.4) is 0 Å². The summed E-state index contributed by atoms with van der Waals surface area (Å²) in [5.41, 5.74) is 1.58. The van der Waals surface area contributed by atoms with Crippen molar-refractivity contribution in [3.05, 3.63) is 34.2 Å². The van der Waals surface area contributed by atoms with Gasteiger partial charge in [0.2, 0.25) is 0 Å². The number of aromatic nitrogens is 2. The maximum atomic E-state index is 12.5. The number of rotatable bonds is 7. The zero-order valence-electron chi connectivity index (χ0n) is 12.3. The van der Waals surface area contributed by atoms with Gasteiger partial charge in [0.1, 0.15) is 0 Å². The first-order valence-electron chi connectivity index (χ1n) is 6.70. The summed E-state index contributed by atoms with van der Waals surface area (Å²) in [4.78, 5) is 0. The first-order chi connectivity index (χ1) is 9.90. The number of thiophene rings is 1. The van der Waals surface area contributed by atoms with Gasteiger partial charge < -0.3 is 5.32 Å². The summed E-state index contributed by atoms with van der Waals surface area (Å²) in [6, 6.07) is 1.90. The first-order valence-corrected chi connectivity index (χ1v) is 9.13. The number of aromatic amines is 1. The smallest absolute Gasteiger partial charge is 0.258 e. The molecule has 1 atom stereocenters. The molecule has 0 amide bonds. The van der Waals surface area contributed by atoms with Gasteiger partial charge in [-0.3, -0.25) is 5.10 Å². The topological polar surface area (TPSA) is 86.9 Å². The molecular weight excluding hydrogens is 308 g/mol. The van der Waals surface area contributed by atoms with Gasteiger partial charge in [-0.1, -0.05) is 13.8 Å². The second-order valence-electron chi connectivity index (χ2n) is 5.16. The maximum absolute atomic E-state index is 12.5. The van der Waals surface area contributed by atoms with Gasteiger partial charge in [-0.2, -0.15) is 16.4 Å². The zero-order valence-corrected chi connectivity index (χ0v) is 13.9. The lowest BCUT2D eigenvalue weighted by molar-refractivity contribution is 0.554. The van der Waals surface area contributed by atoms with E-state index in [1.54, 1.807) is 17.5 Å². The molecule has 6 nitrogen and oxygen atoms in total. The fourth-order valence-corrected chi connectivity index (χ4v) is 3.97. The maximum Gasteiger partial charge on any atom is 0.258 e. The number of hydrogen-bond acceptors (Lipinski definition) is 5. The van der Waals surface area contributed by atoms with Crippen molar-refractivity contribution in [2.75, 3.05) is 0 Å². The van der Waals surface area contributed by atoms with Crippen LogP contribution >= 0.6 is 11.3 Å². The molecule has 3 N–H and O–H groups in total. The average molecular weight is 328 g/mol. The Balaban J connectivity index is 2.14. The summed E-state index contributed by atoms with van der Waals surface area (Å²) >= 11 is 1.54. The Morgan fingerprint density at radius 1 is 1.38 bits per heavy atom. The monoisotopic (exact) mass is 328 g/mol. The van der Waals surface area contributed by atoms with E-state index in [4.69, 9.17) is 0 Å². The van der Waals surface area contributed by atoms with Gasteiger partial charge >= 0.3 is 0 Å². The van der Waals surface area contributed by atoms with Gasteiger partial charge in [-0.25, -0.2) is 13.1 Å². The minimum atomic E-state index is -3.62. The number of hydrogen-bond donors (Lipinski definition) is 3. The molecule has 0 saturated heterocycles. The normalized spacial score (nSPS) is 13.7. The molecule has 0 radical (unpaired) electrons. The molecule has 0 aliphatic heterocycles. The quantitative estimate of drug-likeness (QED) is 0.725. The van der Waals surface area contributed by atoms with Gasteiger partial charge in [-0.15, -0.1) is 0 Å². The van der Waals surface area contributed by atoms with Crippen molar-refractivity contribution >= 4 is 21.4 Å². The summed E-state index contributed by atoms with van der Waals surface area (Å²) in [5.74, 6) is 0. The van der Waals surface area contributed by atoms with Crippen LogP contribution in [-0.4, -0.2) is 24.7 Å². The molecule has 0 bridgehead atoms. The minimum Gasteiger partial charge on any atom is -0.310 e. The molecule has 1 unspecified atom stereocenters. The molecule has 0 aromatic carbocycles. The molecular formula is C13H20N4O2S2. The molecule has 0 spiro atoms. The second kappa shape index (κ2) is 6.69. The van der Waals surface area contributed by atoms with Crippen molar-refractivity contribution in [3.63, 3.8) is 0 Å². The second-order valence-corrected chi connectivity index (χ2v) is 7.59. The van der Waals surface area contributed by atoms with Crippen LogP contribution in [0.2, 0.25) is 0 Å². The molecule has 0 aliphatic rings. The van der Waals surface area contributed by atoms with E-state index in [0.29, 0.717) is 12.1 Å². The highest BCUT2D eigenvalue weighted by Gasteiger charge is 2.23. The van der Waals surface area contributed by atoms with Gasteiger partial charge in [0.15, 0.2) is 5.03 Å². The molecule has 21 heavy (non-hydrogen) atoms. The van der Waals surface area contributed by atoms with Crippen LogP contribution in [-0.2, 0) is 16.6 Å². The van der Waals surface area contributed by atoms with Crippen molar-refractivity contribution < 1.29 is 8.42 Å². The van der Waals surface area contributed by atoms with Crippen molar-refractivity contribution in [3.8, 4) is 0 Å². The Bertz CT molecular complexity index is 662. The molecule has 2 aromatic heterocycles. The number of H-pyrrole nitrogens is 1. The van der Waals surface area contributed by atoms with Crippen molar-refractivity contribution in [1.29, 1.82) is 0 Å². The molecule has 2 aromatic rings. The van der Waals surface area contributed by atoms with E-state index in [-0.39, 0.29) is 17.1 Å². The third kappa shape index (κ3) is 4.13. The lowest BCUT2D eigenvalue weighted by Crippen LogP contribution is -2.29. The Kier molecular flexibility index (Phi) is 5.15. The SMILES string of the molecule is CC(C)NCc1cn[nH]c1S(=O)(=O)NC(C)c1ccsc1. The van der Waals surface area contributed by atoms with E-state index in [9.17, 15) is 8.42 Å². The Labute approximate surface area is 129 Å². The Hall–Kier alpha value is -1.22. The van der Waals surface area contributed by atoms with Gasteiger partial charge in [0.25, 0.3) is 10.0 Å². The molecule has 2 heterocycles. The molecule has 0 aliphatic carbocycles. The van der Waals surface area contributed by atoms with Gasteiger partial charge in [-0.05, 0) is 29.3 Å². The number of nitrogens with zero attached hydrogens (tertiary/aromatic N) is 1. The summed E-state index contributed by atoms with van der Waals surface area (Å²) < 4.78 is 27.6. The lowest BCUT2D eigenvalue weighted by atomic mass is 10.2. The number of sulfonamides is 1. The van der Waals surface area contributed by atoms with Crippen LogP contribution in [0.1, 0.15) is 37.9 Å². The predicted molar refractivity (Wildman–Crippen MR) is 83.6 cm³/mol. The van der Waals surface area contributed by atoms with Crippen LogP contribution in [0.15, 0.2) is 28.0 Å². The van der Waals surface area contributed by atoms with Crippen LogP contribution in [0.4, 0.5) is 0 Å². The molecule has 8 heteroatoms. The number of nitrogens with one attached hydrogen (secondary N) is 3. The highest BCUT2D eigenvalue weighted by atomic mass is 32.2. The Morgan fingerprint density at radius 3 is 2.76 bits per heavy atom. The third-order valence-corrected chi connectivity index (χ3v) is 5.28. The lowest BCUT2D eigenvalue weighted by Gasteiger charge is -2.13. The van der Waals surface area contributed by atoms with E-state index >= 15 is 0 Å². The van der Waals surface area contributed by atoms with Crippen molar-refractivity contribution in [1.82, 2.24) is 20.2 Å². The summed E-state index contributed by atoms with van der Waals surface area (Å²) in [6.07, 6.45) is 1.54. The fourth-order valence-electron chi connectivity index (χ4n) is 1.85. The minimum absolute atomic E-state index is 0.123. The van der Waals surface area contributed by atoms with Crippen LogP contribution in [0.5, 0.6) is 0 Å². The van der Waals surface area contributed by atoms with Gasteiger partial charge in [0, 0.05) is 24.2 Å². The van der Waals surface area contributed by atoms with Crippen molar-refractivity contribution in [2.45, 2.75) is 44.4 Å².